The SMILES string of the molecule is COC1(OC)CC(C(=O)O)(c2ccc(NC(=O)OC(C)(C)C)cc2)C1. The number of carboxylic acid groups (broad SMARTS) is 1. The van der Waals surface area contributed by atoms with Crippen LogP contribution in [0.15, 0.2) is 24.3 Å². The number of hydrogen-bond acceptors (Lipinski definition) is 5. The number of nitrogens with one attached hydrogen (secondary N) is 1. The molecular weight excluding hydrogens is 326 g/mol. The van der Waals surface area contributed by atoms with Crippen LogP contribution in [0.5, 0.6) is 0 Å². The van der Waals surface area contributed by atoms with Crippen LogP contribution < -0.4 is 5.32 Å². The summed E-state index contributed by atoms with van der Waals surface area (Å²) in [7, 11) is 3.01. The van der Waals surface area contributed by atoms with E-state index in [1.54, 1.807) is 45.0 Å². The molecule has 0 atom stereocenters. The van der Waals surface area contributed by atoms with Crippen LogP contribution in [-0.2, 0) is 24.4 Å². The Morgan fingerprint density at radius 1 is 1.08 bits per heavy atom. The van der Waals surface area contributed by atoms with Crippen LogP contribution in [0.4, 0.5) is 10.5 Å². The number of amides is 1. The first-order chi connectivity index (χ1) is 11.6. The van der Waals surface area contributed by atoms with Gasteiger partial charge in [0.25, 0.3) is 0 Å². The van der Waals surface area contributed by atoms with Crippen LogP contribution in [-0.4, -0.2) is 42.8 Å². The van der Waals surface area contributed by atoms with Crippen molar-refractivity contribution < 1.29 is 28.9 Å². The molecule has 1 aromatic carbocycles. The number of carbonyl (C=O) groups is 2. The quantitative estimate of drug-likeness (QED) is 0.792. The maximum Gasteiger partial charge on any atom is 0.412 e. The summed E-state index contributed by atoms with van der Waals surface area (Å²) < 4.78 is 15.8. The minimum Gasteiger partial charge on any atom is -0.481 e. The van der Waals surface area contributed by atoms with E-state index in [0.717, 1.165) is 0 Å². The van der Waals surface area contributed by atoms with E-state index in [2.05, 4.69) is 5.32 Å². The fraction of sp³-hybridized carbons (Fsp3) is 0.556. The molecule has 25 heavy (non-hydrogen) atoms. The zero-order valence-electron chi connectivity index (χ0n) is 15.2. The van der Waals surface area contributed by atoms with Crippen molar-refractivity contribution in [2.75, 3.05) is 19.5 Å². The van der Waals surface area contributed by atoms with Crippen molar-refractivity contribution in [3.8, 4) is 0 Å². The molecule has 0 spiro atoms. The van der Waals surface area contributed by atoms with E-state index in [-0.39, 0.29) is 12.8 Å². The van der Waals surface area contributed by atoms with Gasteiger partial charge in [0.15, 0.2) is 5.79 Å². The van der Waals surface area contributed by atoms with Crippen LogP contribution in [0.2, 0.25) is 0 Å². The molecule has 0 aromatic heterocycles. The molecule has 138 valence electrons. The number of carboxylic acids is 1. The molecule has 0 saturated heterocycles. The number of methoxy groups -OCH3 is 2. The Morgan fingerprint density at radius 2 is 1.60 bits per heavy atom. The third-order valence-corrected chi connectivity index (χ3v) is 4.38. The molecule has 7 nitrogen and oxygen atoms in total. The van der Waals surface area contributed by atoms with Gasteiger partial charge in [0.1, 0.15) is 11.0 Å². The number of ether oxygens (including phenoxy) is 3. The molecule has 2 N–H and O–H groups in total. The molecule has 0 unspecified atom stereocenters. The maximum absolute atomic E-state index is 11.8. The van der Waals surface area contributed by atoms with Crippen molar-refractivity contribution in [3.63, 3.8) is 0 Å². The molecule has 0 heterocycles. The van der Waals surface area contributed by atoms with Crippen molar-refractivity contribution in [1.29, 1.82) is 0 Å². The first-order valence-corrected chi connectivity index (χ1v) is 8.00. The summed E-state index contributed by atoms with van der Waals surface area (Å²) >= 11 is 0. The second kappa shape index (κ2) is 6.65. The summed E-state index contributed by atoms with van der Waals surface area (Å²) in [6.07, 6.45) is -0.114. The topological polar surface area (TPSA) is 94.1 Å². The number of hydrogen-bond donors (Lipinski definition) is 2. The van der Waals surface area contributed by atoms with Gasteiger partial charge in [-0.15, -0.1) is 0 Å². The van der Waals surface area contributed by atoms with Gasteiger partial charge in [-0.1, -0.05) is 12.1 Å². The van der Waals surface area contributed by atoms with Gasteiger partial charge in [0, 0.05) is 32.7 Å². The van der Waals surface area contributed by atoms with E-state index in [9.17, 15) is 14.7 Å². The van der Waals surface area contributed by atoms with Gasteiger partial charge in [-0.2, -0.15) is 0 Å². The van der Waals surface area contributed by atoms with Crippen LogP contribution >= 0.6 is 0 Å². The number of rotatable bonds is 5. The fourth-order valence-electron chi connectivity index (χ4n) is 3.01. The molecule has 1 aliphatic rings. The third kappa shape index (κ3) is 3.93. The highest BCUT2D eigenvalue weighted by Gasteiger charge is 2.61. The Bertz CT molecular complexity index is 635. The van der Waals surface area contributed by atoms with E-state index in [0.29, 0.717) is 11.3 Å². The highest BCUT2D eigenvalue weighted by atomic mass is 16.7. The number of anilines is 1. The second-order valence-corrected chi connectivity index (χ2v) is 7.26. The molecule has 0 bridgehead atoms. The molecule has 2 rings (SSSR count). The fourth-order valence-corrected chi connectivity index (χ4v) is 3.01. The average Bonchev–Trinajstić information content (AvgIpc) is 2.46. The minimum atomic E-state index is -1.06. The van der Waals surface area contributed by atoms with Gasteiger partial charge in [-0.3, -0.25) is 10.1 Å². The highest BCUT2D eigenvalue weighted by Crippen LogP contribution is 2.52. The van der Waals surface area contributed by atoms with Gasteiger partial charge in [-0.05, 0) is 38.5 Å². The standard InChI is InChI=1S/C18H25NO6/c1-16(2,3)25-15(22)19-13-8-6-12(7-9-13)17(14(20)21)10-18(11-17,23-4)24-5/h6-9H,10-11H2,1-5H3,(H,19,22)(H,20,21). The monoisotopic (exact) mass is 351 g/mol. The zero-order chi connectivity index (χ0) is 18.9. The molecule has 1 saturated carbocycles. The highest BCUT2D eigenvalue weighted by molar-refractivity contribution is 5.86. The Kier molecular flexibility index (Phi) is 5.11. The van der Waals surface area contributed by atoms with Crippen molar-refractivity contribution in [2.24, 2.45) is 0 Å². The second-order valence-electron chi connectivity index (χ2n) is 7.26. The largest absolute Gasteiger partial charge is 0.481 e. The average molecular weight is 351 g/mol. The lowest BCUT2D eigenvalue weighted by molar-refractivity contribution is -0.277. The molecule has 0 radical (unpaired) electrons. The molecule has 1 aromatic rings. The van der Waals surface area contributed by atoms with E-state index in [1.807, 2.05) is 0 Å². The van der Waals surface area contributed by atoms with E-state index >= 15 is 0 Å². The van der Waals surface area contributed by atoms with Gasteiger partial charge < -0.3 is 19.3 Å². The number of carbonyl (C=O) groups excluding carboxylic acids is 1. The maximum atomic E-state index is 11.8. The normalized spacial score (nSPS) is 18.1. The lowest BCUT2D eigenvalue weighted by Crippen LogP contribution is -2.60. The first kappa shape index (κ1) is 19.2. The predicted molar refractivity (Wildman–Crippen MR) is 91.6 cm³/mol. The lowest BCUT2D eigenvalue weighted by Gasteiger charge is -2.51. The van der Waals surface area contributed by atoms with Gasteiger partial charge in [0.05, 0.1) is 0 Å². The first-order valence-electron chi connectivity index (χ1n) is 8.00. The van der Waals surface area contributed by atoms with Crippen molar-refractivity contribution in [1.82, 2.24) is 0 Å². The summed E-state index contributed by atoms with van der Waals surface area (Å²) in [6.45, 7) is 5.34. The molecule has 0 aliphatic heterocycles. The van der Waals surface area contributed by atoms with Crippen molar-refractivity contribution in [3.05, 3.63) is 29.8 Å². The predicted octanol–water partition coefficient (Wildman–Crippen LogP) is 3.14. The van der Waals surface area contributed by atoms with Gasteiger partial charge in [-0.25, -0.2) is 4.79 Å². The molecular formula is C18H25NO6. The van der Waals surface area contributed by atoms with E-state index in [1.165, 1.54) is 14.2 Å². The molecule has 1 fully saturated rings. The van der Waals surface area contributed by atoms with E-state index in [4.69, 9.17) is 14.2 Å². The van der Waals surface area contributed by atoms with Crippen molar-refractivity contribution in [2.45, 2.75) is 50.4 Å². The third-order valence-electron chi connectivity index (χ3n) is 4.38. The van der Waals surface area contributed by atoms with Crippen LogP contribution in [0.3, 0.4) is 0 Å². The summed E-state index contributed by atoms with van der Waals surface area (Å²) in [5, 5.41) is 12.3. The van der Waals surface area contributed by atoms with Gasteiger partial charge >= 0.3 is 12.1 Å². The molecule has 7 heteroatoms. The number of aliphatic carboxylic acids is 1. The Hall–Kier alpha value is -2.12. The summed E-state index contributed by atoms with van der Waals surface area (Å²) in [5.74, 6) is -1.80. The zero-order valence-corrected chi connectivity index (χ0v) is 15.2. The summed E-state index contributed by atoms with van der Waals surface area (Å²) in [4.78, 5) is 23.6. The van der Waals surface area contributed by atoms with Crippen molar-refractivity contribution >= 4 is 17.7 Å². The van der Waals surface area contributed by atoms with Gasteiger partial charge in [0.2, 0.25) is 0 Å². The van der Waals surface area contributed by atoms with Crippen LogP contribution in [0.25, 0.3) is 0 Å². The number of benzene rings is 1. The summed E-state index contributed by atoms with van der Waals surface area (Å²) in [5.41, 5.74) is -0.481. The van der Waals surface area contributed by atoms with E-state index < -0.39 is 28.9 Å². The smallest absolute Gasteiger partial charge is 0.412 e. The Labute approximate surface area is 147 Å². The Morgan fingerprint density at radius 3 is 2.00 bits per heavy atom. The molecule has 1 amide bonds. The van der Waals surface area contributed by atoms with Crippen LogP contribution in [0, 0.1) is 0 Å². The lowest BCUT2D eigenvalue weighted by atomic mass is 9.60. The molecule has 1 aliphatic carbocycles. The van der Waals surface area contributed by atoms with Crippen LogP contribution in [0.1, 0.15) is 39.2 Å². The summed E-state index contributed by atoms with van der Waals surface area (Å²) in [6, 6.07) is 6.69. The minimum absolute atomic E-state index is 0.223. The Balaban J connectivity index is 2.13.